The molecular formula is C16H23NO3. The zero-order valence-electron chi connectivity index (χ0n) is 12.2. The maximum absolute atomic E-state index is 11.2. The van der Waals surface area contributed by atoms with Crippen molar-refractivity contribution in [1.82, 2.24) is 4.90 Å². The summed E-state index contributed by atoms with van der Waals surface area (Å²) < 4.78 is 5.43. The van der Waals surface area contributed by atoms with Crippen LogP contribution < -0.4 is 4.74 Å². The third kappa shape index (κ3) is 3.51. The number of likely N-dealkylation sites (tertiary alicyclic amines) is 1. The van der Waals surface area contributed by atoms with Crippen molar-refractivity contribution in [2.24, 2.45) is 5.92 Å². The van der Waals surface area contributed by atoms with Gasteiger partial charge in [0.25, 0.3) is 0 Å². The highest BCUT2D eigenvalue weighted by Gasteiger charge is 2.32. The number of hydrogen-bond donors (Lipinski definition) is 1. The van der Waals surface area contributed by atoms with Gasteiger partial charge in [0, 0.05) is 12.6 Å². The van der Waals surface area contributed by atoms with E-state index in [-0.39, 0.29) is 12.0 Å². The van der Waals surface area contributed by atoms with Crippen LogP contribution in [0.15, 0.2) is 24.3 Å². The van der Waals surface area contributed by atoms with Crippen LogP contribution in [0.2, 0.25) is 0 Å². The lowest BCUT2D eigenvalue weighted by atomic mass is 9.90. The Morgan fingerprint density at radius 2 is 2.10 bits per heavy atom. The van der Waals surface area contributed by atoms with Gasteiger partial charge in [-0.1, -0.05) is 12.1 Å². The van der Waals surface area contributed by atoms with Crippen molar-refractivity contribution in [2.75, 3.05) is 13.2 Å². The van der Waals surface area contributed by atoms with E-state index < -0.39 is 5.97 Å². The second kappa shape index (κ2) is 6.75. The van der Waals surface area contributed by atoms with E-state index in [1.807, 2.05) is 26.0 Å². The second-order valence-electron chi connectivity index (χ2n) is 5.38. The first-order chi connectivity index (χ1) is 9.61. The fourth-order valence-corrected chi connectivity index (χ4v) is 2.86. The summed E-state index contributed by atoms with van der Waals surface area (Å²) in [4.78, 5) is 13.5. The van der Waals surface area contributed by atoms with Gasteiger partial charge in [-0.2, -0.15) is 0 Å². The number of hydrogen-bond acceptors (Lipinski definition) is 3. The van der Waals surface area contributed by atoms with Crippen molar-refractivity contribution >= 4 is 5.97 Å². The zero-order chi connectivity index (χ0) is 14.5. The highest BCUT2D eigenvalue weighted by atomic mass is 16.5. The molecule has 0 aromatic heterocycles. The van der Waals surface area contributed by atoms with Crippen LogP contribution in [0.5, 0.6) is 5.75 Å². The summed E-state index contributed by atoms with van der Waals surface area (Å²) >= 11 is 0. The lowest BCUT2D eigenvalue weighted by Crippen LogP contribution is -2.45. The molecule has 0 spiro atoms. The minimum atomic E-state index is -0.672. The molecule has 1 fully saturated rings. The first-order valence-corrected chi connectivity index (χ1v) is 7.30. The fourth-order valence-electron chi connectivity index (χ4n) is 2.86. The van der Waals surface area contributed by atoms with Gasteiger partial charge in [0.1, 0.15) is 5.75 Å². The Morgan fingerprint density at radius 1 is 1.40 bits per heavy atom. The number of nitrogens with zero attached hydrogens (tertiary/aromatic N) is 1. The summed E-state index contributed by atoms with van der Waals surface area (Å²) in [5.74, 6) is -0.0355. The van der Waals surface area contributed by atoms with Crippen molar-refractivity contribution in [1.29, 1.82) is 0 Å². The monoisotopic (exact) mass is 277 g/mol. The van der Waals surface area contributed by atoms with E-state index in [2.05, 4.69) is 17.0 Å². The number of benzene rings is 1. The Labute approximate surface area is 120 Å². The molecule has 20 heavy (non-hydrogen) atoms. The van der Waals surface area contributed by atoms with Gasteiger partial charge in [0.05, 0.1) is 12.5 Å². The summed E-state index contributed by atoms with van der Waals surface area (Å²) in [6.07, 6.45) is 1.74. The molecule has 1 heterocycles. The quantitative estimate of drug-likeness (QED) is 0.899. The Hall–Kier alpha value is -1.55. The normalized spacial score (nSPS) is 23.5. The van der Waals surface area contributed by atoms with Crippen LogP contribution in [-0.2, 0) is 11.3 Å². The molecule has 110 valence electrons. The molecule has 1 aromatic rings. The maximum atomic E-state index is 11.2. The first-order valence-electron chi connectivity index (χ1n) is 7.30. The average molecular weight is 277 g/mol. The Kier molecular flexibility index (Phi) is 5.01. The van der Waals surface area contributed by atoms with Gasteiger partial charge in [-0.3, -0.25) is 9.69 Å². The van der Waals surface area contributed by atoms with Crippen LogP contribution >= 0.6 is 0 Å². The molecule has 1 aromatic carbocycles. The summed E-state index contributed by atoms with van der Waals surface area (Å²) in [6.45, 7) is 6.43. The van der Waals surface area contributed by atoms with E-state index >= 15 is 0 Å². The fraction of sp³-hybridized carbons (Fsp3) is 0.562. The van der Waals surface area contributed by atoms with Gasteiger partial charge < -0.3 is 9.84 Å². The molecular weight excluding hydrogens is 254 g/mol. The van der Waals surface area contributed by atoms with E-state index in [1.165, 1.54) is 5.56 Å². The summed E-state index contributed by atoms with van der Waals surface area (Å²) in [5.41, 5.74) is 1.20. The van der Waals surface area contributed by atoms with E-state index in [4.69, 9.17) is 4.74 Å². The van der Waals surface area contributed by atoms with Crippen LogP contribution in [0.3, 0.4) is 0 Å². The molecule has 0 bridgehead atoms. The van der Waals surface area contributed by atoms with Crippen LogP contribution in [-0.4, -0.2) is 35.2 Å². The molecule has 4 nitrogen and oxygen atoms in total. The number of carboxylic acid groups (broad SMARTS) is 1. The number of carboxylic acids is 1. The smallest absolute Gasteiger partial charge is 0.308 e. The molecule has 0 amide bonds. The largest absolute Gasteiger partial charge is 0.494 e. The SMILES string of the molecule is CCOc1ccc(CN2CCC[C@H](C(=O)O)[C@@H]2C)cc1. The number of piperidine rings is 1. The number of aliphatic carboxylic acids is 1. The Bertz CT molecular complexity index is 444. The topological polar surface area (TPSA) is 49.8 Å². The lowest BCUT2D eigenvalue weighted by molar-refractivity contribution is -0.145. The maximum Gasteiger partial charge on any atom is 0.308 e. The summed E-state index contributed by atoms with van der Waals surface area (Å²) in [5, 5.41) is 9.24. The van der Waals surface area contributed by atoms with E-state index in [9.17, 15) is 9.90 Å². The Balaban J connectivity index is 1.99. The van der Waals surface area contributed by atoms with Crippen LogP contribution in [0.25, 0.3) is 0 Å². The van der Waals surface area contributed by atoms with Crippen molar-refractivity contribution in [3.05, 3.63) is 29.8 Å². The highest BCUT2D eigenvalue weighted by Crippen LogP contribution is 2.25. The van der Waals surface area contributed by atoms with Gasteiger partial charge in [0.15, 0.2) is 0 Å². The van der Waals surface area contributed by atoms with E-state index in [1.54, 1.807) is 0 Å². The van der Waals surface area contributed by atoms with Crippen molar-refractivity contribution < 1.29 is 14.6 Å². The highest BCUT2D eigenvalue weighted by molar-refractivity contribution is 5.70. The predicted octanol–water partition coefficient (Wildman–Crippen LogP) is 2.77. The van der Waals surface area contributed by atoms with Crippen LogP contribution in [0.1, 0.15) is 32.3 Å². The molecule has 2 rings (SSSR count). The zero-order valence-corrected chi connectivity index (χ0v) is 12.2. The standard InChI is InChI=1S/C16H23NO3/c1-3-20-14-8-6-13(7-9-14)11-17-10-4-5-15(12(17)2)16(18)19/h6-9,12,15H,3-5,10-11H2,1-2H3,(H,18,19)/t12-,15-/m0/s1. The molecule has 1 aliphatic rings. The molecule has 2 atom stereocenters. The molecule has 4 heteroatoms. The number of carbonyl (C=O) groups is 1. The lowest BCUT2D eigenvalue weighted by Gasteiger charge is -2.37. The molecule has 1 N–H and O–H groups in total. The third-order valence-electron chi connectivity index (χ3n) is 4.06. The average Bonchev–Trinajstić information content (AvgIpc) is 2.43. The van der Waals surface area contributed by atoms with Gasteiger partial charge in [0.2, 0.25) is 0 Å². The summed E-state index contributed by atoms with van der Waals surface area (Å²) in [6, 6.07) is 8.15. The van der Waals surface area contributed by atoms with Crippen LogP contribution in [0.4, 0.5) is 0 Å². The van der Waals surface area contributed by atoms with Crippen molar-refractivity contribution in [3.63, 3.8) is 0 Å². The predicted molar refractivity (Wildman–Crippen MR) is 77.8 cm³/mol. The minimum absolute atomic E-state index is 0.0906. The van der Waals surface area contributed by atoms with Crippen molar-refractivity contribution in [2.45, 2.75) is 39.3 Å². The third-order valence-corrected chi connectivity index (χ3v) is 4.06. The van der Waals surface area contributed by atoms with Crippen LogP contribution in [0, 0.1) is 5.92 Å². The molecule has 1 saturated heterocycles. The second-order valence-corrected chi connectivity index (χ2v) is 5.38. The summed E-state index contributed by atoms with van der Waals surface area (Å²) in [7, 11) is 0. The first kappa shape index (κ1) is 14.9. The Morgan fingerprint density at radius 3 is 2.70 bits per heavy atom. The molecule has 0 radical (unpaired) electrons. The number of ether oxygens (including phenoxy) is 1. The van der Waals surface area contributed by atoms with Gasteiger partial charge in [-0.15, -0.1) is 0 Å². The number of rotatable bonds is 5. The molecule has 0 unspecified atom stereocenters. The van der Waals surface area contributed by atoms with E-state index in [0.717, 1.165) is 31.7 Å². The molecule has 0 saturated carbocycles. The van der Waals surface area contributed by atoms with Gasteiger partial charge in [-0.25, -0.2) is 0 Å². The minimum Gasteiger partial charge on any atom is -0.494 e. The van der Waals surface area contributed by atoms with Gasteiger partial charge in [-0.05, 0) is 50.9 Å². The van der Waals surface area contributed by atoms with Crippen molar-refractivity contribution in [3.8, 4) is 5.75 Å². The molecule has 0 aliphatic carbocycles. The van der Waals surface area contributed by atoms with E-state index in [0.29, 0.717) is 6.61 Å². The molecule has 1 aliphatic heterocycles. The van der Waals surface area contributed by atoms with Gasteiger partial charge >= 0.3 is 5.97 Å².